The van der Waals surface area contributed by atoms with Crippen LogP contribution in [0.2, 0.25) is 0 Å². The van der Waals surface area contributed by atoms with E-state index in [0.29, 0.717) is 6.42 Å². The van der Waals surface area contributed by atoms with Gasteiger partial charge in [-0.3, -0.25) is 0 Å². The van der Waals surface area contributed by atoms with Crippen LogP contribution in [-0.2, 0) is 4.74 Å². The molecule has 0 radical (unpaired) electrons. The Morgan fingerprint density at radius 2 is 2.16 bits per heavy atom. The van der Waals surface area contributed by atoms with E-state index in [0.717, 1.165) is 10.0 Å². The number of ether oxygens (including phenoxy) is 1. The summed E-state index contributed by atoms with van der Waals surface area (Å²) < 4.78 is 6.15. The van der Waals surface area contributed by atoms with Gasteiger partial charge < -0.3 is 15.2 Å². The van der Waals surface area contributed by atoms with Crippen LogP contribution in [0.3, 0.4) is 0 Å². The van der Waals surface area contributed by atoms with Crippen molar-refractivity contribution >= 4 is 22.0 Å². The summed E-state index contributed by atoms with van der Waals surface area (Å²) in [5, 5.41) is 11.9. The van der Waals surface area contributed by atoms with E-state index in [1.807, 2.05) is 45.0 Å². The second-order valence-corrected chi connectivity index (χ2v) is 6.18. The molecule has 0 saturated carbocycles. The summed E-state index contributed by atoms with van der Waals surface area (Å²) in [6.45, 7) is 5.43. The average molecular weight is 330 g/mol. The Morgan fingerprint density at radius 3 is 2.68 bits per heavy atom. The number of carbonyl (C=O) groups is 1. The third-order valence-corrected chi connectivity index (χ3v) is 2.85. The minimum absolute atomic E-state index is 0.00697. The Balaban J connectivity index is 2.76. The van der Waals surface area contributed by atoms with E-state index in [2.05, 4.69) is 21.2 Å². The molecule has 5 heteroatoms. The molecule has 0 heterocycles. The summed E-state index contributed by atoms with van der Waals surface area (Å²) >= 11 is 3.39. The first kappa shape index (κ1) is 16.0. The van der Waals surface area contributed by atoms with Crippen molar-refractivity contribution in [1.82, 2.24) is 5.32 Å². The van der Waals surface area contributed by atoms with Crippen molar-refractivity contribution in [3.05, 3.63) is 34.3 Å². The zero-order chi connectivity index (χ0) is 14.5. The predicted molar refractivity (Wildman–Crippen MR) is 78.0 cm³/mol. The van der Waals surface area contributed by atoms with Gasteiger partial charge in [-0.05, 0) is 44.9 Å². The molecule has 1 amide bonds. The van der Waals surface area contributed by atoms with E-state index in [-0.39, 0.29) is 12.6 Å². The third-order valence-electron chi connectivity index (χ3n) is 2.36. The molecule has 0 aliphatic rings. The Kier molecular flexibility index (Phi) is 5.82. The largest absolute Gasteiger partial charge is 0.444 e. The zero-order valence-corrected chi connectivity index (χ0v) is 13.0. The van der Waals surface area contributed by atoms with Crippen LogP contribution in [0.1, 0.15) is 38.8 Å². The highest BCUT2D eigenvalue weighted by molar-refractivity contribution is 9.10. The Labute approximate surface area is 122 Å². The van der Waals surface area contributed by atoms with Gasteiger partial charge in [0.25, 0.3) is 0 Å². The maximum atomic E-state index is 11.8. The Hall–Kier alpha value is -1.07. The number of benzene rings is 1. The van der Waals surface area contributed by atoms with Crippen LogP contribution in [-0.4, -0.2) is 23.4 Å². The molecular weight excluding hydrogens is 310 g/mol. The quantitative estimate of drug-likeness (QED) is 0.890. The number of amides is 1. The molecule has 19 heavy (non-hydrogen) atoms. The van der Waals surface area contributed by atoms with Crippen molar-refractivity contribution in [3.63, 3.8) is 0 Å². The Bertz CT molecular complexity index is 429. The van der Waals surface area contributed by atoms with Crippen LogP contribution in [0.5, 0.6) is 0 Å². The fourth-order valence-electron chi connectivity index (χ4n) is 1.62. The van der Waals surface area contributed by atoms with Gasteiger partial charge in [-0.15, -0.1) is 0 Å². The minimum atomic E-state index is -0.537. The molecule has 0 aromatic heterocycles. The highest BCUT2D eigenvalue weighted by Crippen LogP contribution is 2.21. The normalized spacial score (nSPS) is 12.9. The lowest BCUT2D eigenvalue weighted by Gasteiger charge is -2.23. The van der Waals surface area contributed by atoms with Gasteiger partial charge in [0, 0.05) is 11.1 Å². The van der Waals surface area contributed by atoms with Gasteiger partial charge in [-0.25, -0.2) is 4.79 Å². The Morgan fingerprint density at radius 1 is 1.47 bits per heavy atom. The van der Waals surface area contributed by atoms with Crippen LogP contribution in [0.25, 0.3) is 0 Å². The fraction of sp³-hybridized carbons (Fsp3) is 0.500. The van der Waals surface area contributed by atoms with Crippen LogP contribution in [0.4, 0.5) is 4.79 Å². The number of hydrogen-bond acceptors (Lipinski definition) is 3. The van der Waals surface area contributed by atoms with Crippen molar-refractivity contribution in [1.29, 1.82) is 0 Å². The zero-order valence-electron chi connectivity index (χ0n) is 11.4. The molecular formula is C14H20BrNO3. The molecule has 1 rings (SSSR count). The molecule has 0 aliphatic carbocycles. The molecule has 4 nitrogen and oxygen atoms in total. The fourth-order valence-corrected chi connectivity index (χ4v) is 2.04. The summed E-state index contributed by atoms with van der Waals surface area (Å²) in [6.07, 6.45) is -0.0404. The highest BCUT2D eigenvalue weighted by atomic mass is 79.9. The molecule has 1 atom stereocenters. The summed E-state index contributed by atoms with van der Waals surface area (Å²) in [4.78, 5) is 11.8. The second kappa shape index (κ2) is 6.91. The standard InChI is InChI=1S/C14H20BrNO3/c1-14(2,3)19-13(18)16-12(7-8-17)10-5-4-6-11(15)9-10/h4-6,9,12,17H,7-8H2,1-3H3,(H,16,18). The number of carbonyl (C=O) groups excluding carboxylic acids is 1. The summed E-state index contributed by atoms with van der Waals surface area (Å²) in [5.41, 5.74) is 0.389. The molecule has 2 N–H and O–H groups in total. The van der Waals surface area contributed by atoms with Gasteiger partial charge in [0.1, 0.15) is 5.60 Å². The molecule has 0 saturated heterocycles. The molecule has 1 unspecified atom stereocenters. The third kappa shape index (κ3) is 6.07. The van der Waals surface area contributed by atoms with E-state index in [1.165, 1.54) is 0 Å². The minimum Gasteiger partial charge on any atom is -0.444 e. The molecule has 0 spiro atoms. The molecule has 0 fully saturated rings. The summed E-state index contributed by atoms with van der Waals surface area (Å²) in [7, 11) is 0. The second-order valence-electron chi connectivity index (χ2n) is 5.27. The van der Waals surface area contributed by atoms with Crippen LogP contribution in [0.15, 0.2) is 28.7 Å². The first-order valence-electron chi connectivity index (χ1n) is 6.17. The number of aliphatic hydroxyl groups excluding tert-OH is 1. The summed E-state index contributed by atoms with van der Waals surface area (Å²) in [5.74, 6) is 0. The first-order valence-corrected chi connectivity index (χ1v) is 6.97. The monoisotopic (exact) mass is 329 g/mol. The van der Waals surface area contributed by atoms with Crippen molar-refractivity contribution in [2.24, 2.45) is 0 Å². The van der Waals surface area contributed by atoms with Gasteiger partial charge in [-0.1, -0.05) is 28.1 Å². The molecule has 0 aliphatic heterocycles. The molecule has 1 aromatic rings. The number of rotatable bonds is 4. The van der Waals surface area contributed by atoms with Crippen molar-refractivity contribution in [2.75, 3.05) is 6.61 Å². The lowest BCUT2D eigenvalue weighted by Crippen LogP contribution is -2.35. The molecule has 0 bridgehead atoms. The molecule has 106 valence electrons. The van der Waals surface area contributed by atoms with E-state index < -0.39 is 11.7 Å². The van der Waals surface area contributed by atoms with Crippen LogP contribution >= 0.6 is 15.9 Å². The van der Waals surface area contributed by atoms with Crippen molar-refractivity contribution in [3.8, 4) is 0 Å². The number of hydrogen-bond donors (Lipinski definition) is 2. The number of halogens is 1. The topological polar surface area (TPSA) is 58.6 Å². The lowest BCUT2D eigenvalue weighted by molar-refractivity contribution is 0.0496. The van der Waals surface area contributed by atoms with E-state index in [1.54, 1.807) is 0 Å². The van der Waals surface area contributed by atoms with Gasteiger partial charge >= 0.3 is 6.09 Å². The average Bonchev–Trinajstić information content (AvgIpc) is 2.26. The first-order chi connectivity index (χ1) is 8.81. The SMILES string of the molecule is CC(C)(C)OC(=O)NC(CCO)c1cccc(Br)c1. The van der Waals surface area contributed by atoms with Gasteiger partial charge in [0.05, 0.1) is 6.04 Å². The molecule has 1 aromatic carbocycles. The lowest BCUT2D eigenvalue weighted by atomic mass is 10.0. The summed E-state index contributed by atoms with van der Waals surface area (Å²) in [6, 6.07) is 7.35. The van der Waals surface area contributed by atoms with Crippen LogP contribution in [0, 0.1) is 0 Å². The van der Waals surface area contributed by atoms with Crippen molar-refractivity contribution in [2.45, 2.75) is 38.8 Å². The predicted octanol–water partition coefficient (Wildman–Crippen LogP) is 3.40. The van der Waals surface area contributed by atoms with E-state index in [9.17, 15) is 4.79 Å². The van der Waals surface area contributed by atoms with Gasteiger partial charge in [0.15, 0.2) is 0 Å². The number of alkyl carbamates (subject to hydrolysis) is 1. The highest BCUT2D eigenvalue weighted by Gasteiger charge is 2.20. The maximum Gasteiger partial charge on any atom is 0.408 e. The van der Waals surface area contributed by atoms with E-state index in [4.69, 9.17) is 9.84 Å². The van der Waals surface area contributed by atoms with Gasteiger partial charge in [0.2, 0.25) is 0 Å². The van der Waals surface area contributed by atoms with E-state index >= 15 is 0 Å². The smallest absolute Gasteiger partial charge is 0.408 e. The maximum absolute atomic E-state index is 11.8. The van der Waals surface area contributed by atoms with Crippen molar-refractivity contribution < 1.29 is 14.6 Å². The number of nitrogens with one attached hydrogen (secondary N) is 1. The van der Waals surface area contributed by atoms with Crippen LogP contribution < -0.4 is 5.32 Å². The van der Waals surface area contributed by atoms with Gasteiger partial charge in [-0.2, -0.15) is 0 Å². The number of aliphatic hydroxyl groups is 1.